The first-order valence-corrected chi connectivity index (χ1v) is 9.31. The molecule has 0 spiro atoms. The molecule has 3 rings (SSSR count). The first kappa shape index (κ1) is 19.5. The number of aliphatic hydroxyl groups is 1. The number of hydrogen-bond donors (Lipinski definition) is 2. The van der Waals surface area contributed by atoms with E-state index in [9.17, 15) is 10.2 Å². The Balaban J connectivity index is 1.93. The molecule has 9 heteroatoms. The lowest BCUT2D eigenvalue weighted by atomic mass is 9.93. The lowest BCUT2D eigenvalue weighted by Crippen LogP contribution is -2.09. The van der Waals surface area contributed by atoms with Crippen LogP contribution in [-0.4, -0.2) is 31.8 Å². The smallest absolute Gasteiger partial charge is 0.238 e. The van der Waals surface area contributed by atoms with Crippen LogP contribution in [0.25, 0.3) is 0 Å². The second-order valence-electron chi connectivity index (χ2n) is 7.75. The number of aromatic hydroxyl groups is 1. The zero-order chi connectivity index (χ0) is 19.6. The van der Waals surface area contributed by atoms with Crippen LogP contribution < -0.4 is 0 Å². The van der Waals surface area contributed by atoms with Crippen molar-refractivity contribution in [1.29, 1.82) is 0 Å². The topological polar surface area (TPSA) is 118 Å². The first-order chi connectivity index (χ1) is 12.8. The van der Waals surface area contributed by atoms with Crippen molar-refractivity contribution >= 4 is 11.5 Å². The number of hydrogen-bond acceptors (Lipinski definition) is 8. The van der Waals surface area contributed by atoms with Crippen LogP contribution in [0, 0.1) is 0 Å². The molecule has 148 valence electrons. The van der Waals surface area contributed by atoms with Gasteiger partial charge in [0.25, 0.3) is 0 Å². The van der Waals surface area contributed by atoms with Gasteiger partial charge >= 0.3 is 0 Å². The largest absolute Gasteiger partial charge is 0.492 e. The Hall–Kier alpha value is -2.26. The van der Waals surface area contributed by atoms with E-state index in [1.165, 1.54) is 4.68 Å². The maximum Gasteiger partial charge on any atom is 0.238 e. The molecule has 9 nitrogen and oxygen atoms in total. The summed E-state index contributed by atoms with van der Waals surface area (Å²) in [7, 11) is 0. The molecule has 1 unspecified atom stereocenters. The minimum absolute atomic E-state index is 0.0843. The summed E-state index contributed by atoms with van der Waals surface area (Å²) in [6, 6.07) is 1.78. The molecular weight excluding hydrogens is 350 g/mol. The highest BCUT2D eigenvalue weighted by Crippen LogP contribution is 2.41. The van der Waals surface area contributed by atoms with Gasteiger partial charge in [0.05, 0.1) is 6.04 Å². The summed E-state index contributed by atoms with van der Waals surface area (Å²) >= 11 is 0. The fraction of sp³-hybridized carbons (Fsp3) is 0.667. The Morgan fingerprint density at radius 2 is 2.04 bits per heavy atom. The summed E-state index contributed by atoms with van der Waals surface area (Å²) in [5.41, 5.74) is 0.0276. The van der Waals surface area contributed by atoms with E-state index in [0.717, 1.165) is 25.7 Å². The van der Waals surface area contributed by atoms with Crippen molar-refractivity contribution in [3.63, 3.8) is 0 Å². The lowest BCUT2D eigenvalue weighted by molar-refractivity contribution is -0.101. The molecule has 27 heavy (non-hydrogen) atoms. The Morgan fingerprint density at radius 1 is 1.33 bits per heavy atom. The molecule has 0 bridgehead atoms. The molecule has 1 saturated carbocycles. The van der Waals surface area contributed by atoms with Crippen molar-refractivity contribution in [3.8, 4) is 5.88 Å². The second-order valence-corrected chi connectivity index (χ2v) is 7.75. The molecule has 1 aliphatic rings. The van der Waals surface area contributed by atoms with Crippen LogP contribution in [0.1, 0.15) is 77.2 Å². The highest BCUT2D eigenvalue weighted by molar-refractivity contribution is 5.52. The molecule has 2 N–H and O–H groups in total. The summed E-state index contributed by atoms with van der Waals surface area (Å²) in [5.74, 6) is 0.834. The number of ether oxygens (including phenoxy) is 1. The maximum atomic E-state index is 10.6. The van der Waals surface area contributed by atoms with Crippen molar-refractivity contribution in [2.45, 2.75) is 71.1 Å². The Kier molecular flexibility index (Phi) is 5.61. The van der Waals surface area contributed by atoms with Crippen LogP contribution >= 0.6 is 0 Å². The summed E-state index contributed by atoms with van der Waals surface area (Å²) in [4.78, 5) is 0. The van der Waals surface area contributed by atoms with Crippen molar-refractivity contribution < 1.29 is 19.5 Å². The van der Waals surface area contributed by atoms with Gasteiger partial charge in [0.15, 0.2) is 5.69 Å². The van der Waals surface area contributed by atoms with Crippen molar-refractivity contribution in [2.24, 2.45) is 10.2 Å². The lowest BCUT2D eigenvalue weighted by Gasteiger charge is -2.11. The van der Waals surface area contributed by atoms with E-state index in [2.05, 4.69) is 20.5 Å². The molecule has 2 aromatic rings. The molecule has 1 atom stereocenters. The van der Waals surface area contributed by atoms with Crippen LogP contribution in [0.5, 0.6) is 5.88 Å². The van der Waals surface area contributed by atoms with E-state index in [0.29, 0.717) is 12.4 Å². The molecule has 0 saturated heterocycles. The zero-order valence-electron chi connectivity index (χ0n) is 16.2. The molecule has 2 aromatic heterocycles. The van der Waals surface area contributed by atoms with Crippen LogP contribution in [0.4, 0.5) is 11.5 Å². The Morgan fingerprint density at radius 3 is 2.63 bits per heavy atom. The van der Waals surface area contributed by atoms with Gasteiger partial charge in [0.2, 0.25) is 18.0 Å². The van der Waals surface area contributed by atoms with Gasteiger partial charge in [-0.3, -0.25) is 0 Å². The molecule has 0 radical (unpaired) electrons. The Bertz CT molecular complexity index is 799. The summed E-state index contributed by atoms with van der Waals surface area (Å²) in [5, 5.41) is 37.3. The van der Waals surface area contributed by atoms with Crippen LogP contribution in [0.15, 0.2) is 20.8 Å². The van der Waals surface area contributed by atoms with E-state index < -0.39 is 6.29 Å². The number of aromatic nitrogens is 3. The van der Waals surface area contributed by atoms with Crippen LogP contribution in [0.3, 0.4) is 0 Å². The number of aliphatic hydroxyl groups excluding tert-OH is 1. The van der Waals surface area contributed by atoms with Gasteiger partial charge < -0.3 is 19.5 Å². The normalized spacial score (nSPS) is 17.2. The van der Waals surface area contributed by atoms with Crippen LogP contribution in [0.2, 0.25) is 0 Å². The summed E-state index contributed by atoms with van der Waals surface area (Å²) in [6.45, 7) is 8.07. The average molecular weight is 377 g/mol. The molecule has 1 aliphatic carbocycles. The second kappa shape index (κ2) is 7.77. The van der Waals surface area contributed by atoms with Gasteiger partial charge in [-0.2, -0.15) is 5.10 Å². The molecule has 0 amide bonds. The van der Waals surface area contributed by atoms with E-state index in [4.69, 9.17) is 9.26 Å². The van der Waals surface area contributed by atoms with Gasteiger partial charge in [-0.15, -0.1) is 10.2 Å². The fourth-order valence-corrected chi connectivity index (χ4v) is 3.10. The van der Waals surface area contributed by atoms with E-state index in [1.54, 1.807) is 13.0 Å². The highest BCUT2D eigenvalue weighted by atomic mass is 16.6. The first-order valence-electron chi connectivity index (χ1n) is 9.31. The minimum atomic E-state index is -1.29. The summed E-state index contributed by atoms with van der Waals surface area (Å²) in [6.07, 6.45) is 2.72. The predicted octanol–water partition coefficient (Wildman–Crippen LogP) is 4.43. The molecule has 2 heterocycles. The van der Waals surface area contributed by atoms with Gasteiger partial charge in [-0.05, 0) is 19.8 Å². The third-order valence-corrected chi connectivity index (χ3v) is 4.61. The fourth-order valence-electron chi connectivity index (χ4n) is 3.10. The van der Waals surface area contributed by atoms with E-state index in [-0.39, 0.29) is 34.5 Å². The SMILES string of the molecule is CCOC(O)c1nn(C2CCCC2)c(O)c1/N=N/c1cc(C(C)(C)C)on1. The number of nitrogens with zero attached hydrogens (tertiary/aromatic N) is 5. The van der Waals surface area contributed by atoms with Crippen molar-refractivity contribution in [3.05, 3.63) is 17.5 Å². The van der Waals surface area contributed by atoms with E-state index in [1.807, 2.05) is 20.8 Å². The van der Waals surface area contributed by atoms with Crippen LogP contribution in [-0.2, 0) is 10.2 Å². The molecular formula is C18H27N5O4. The van der Waals surface area contributed by atoms with Crippen molar-refractivity contribution in [2.75, 3.05) is 6.61 Å². The number of azo groups is 1. The third kappa shape index (κ3) is 4.19. The summed E-state index contributed by atoms with van der Waals surface area (Å²) < 4.78 is 12.0. The minimum Gasteiger partial charge on any atom is -0.492 e. The maximum absolute atomic E-state index is 10.6. The van der Waals surface area contributed by atoms with E-state index >= 15 is 0 Å². The molecule has 1 fully saturated rings. The monoisotopic (exact) mass is 377 g/mol. The predicted molar refractivity (Wildman–Crippen MR) is 97.4 cm³/mol. The molecule has 0 aliphatic heterocycles. The third-order valence-electron chi connectivity index (χ3n) is 4.61. The Labute approximate surface area is 158 Å². The van der Waals surface area contributed by atoms with Gasteiger partial charge in [0, 0.05) is 18.1 Å². The quantitative estimate of drug-likeness (QED) is 0.568. The van der Waals surface area contributed by atoms with Gasteiger partial charge in [-0.25, -0.2) is 4.68 Å². The van der Waals surface area contributed by atoms with Gasteiger partial charge in [0.1, 0.15) is 11.5 Å². The van der Waals surface area contributed by atoms with Crippen molar-refractivity contribution in [1.82, 2.24) is 14.9 Å². The molecule has 0 aromatic carbocycles. The zero-order valence-corrected chi connectivity index (χ0v) is 16.2. The average Bonchev–Trinajstić information content (AvgIpc) is 3.32. The number of rotatable bonds is 6. The standard InChI is InChI=1S/C18H27N5O4/c1-5-26-17(25)15-14(16(24)23(21-15)11-8-6-7-9-11)20-19-13-10-12(27-22-13)18(2,3)4/h10-11,17,24-25H,5-9H2,1-4H3/b20-19+. The highest BCUT2D eigenvalue weighted by Gasteiger charge is 2.29. The van der Waals surface area contributed by atoms with Gasteiger partial charge in [-0.1, -0.05) is 38.8 Å².